The maximum atomic E-state index is 13.3. The Morgan fingerprint density at radius 1 is 1.33 bits per heavy atom. The summed E-state index contributed by atoms with van der Waals surface area (Å²) in [5.41, 5.74) is 0.656. The van der Waals surface area contributed by atoms with Gasteiger partial charge in [-0.15, -0.1) is 24.0 Å². The van der Waals surface area contributed by atoms with Gasteiger partial charge in [0.25, 0.3) is 0 Å². The Bertz CT molecular complexity index is 452. The van der Waals surface area contributed by atoms with Crippen LogP contribution in [0.4, 0.5) is 4.39 Å². The van der Waals surface area contributed by atoms with Gasteiger partial charge in [-0.3, -0.25) is 4.99 Å². The Morgan fingerprint density at radius 2 is 2.05 bits per heavy atom. The van der Waals surface area contributed by atoms with Gasteiger partial charge in [-0.25, -0.2) is 4.39 Å². The SMILES string of the molecule is CCNC(=NCC(C)(C)c1cccc(F)c1)NCCO.I. The first-order valence-corrected chi connectivity index (χ1v) is 6.88. The molecule has 0 heterocycles. The highest BCUT2D eigenvalue weighted by atomic mass is 127. The zero-order valence-electron chi connectivity index (χ0n) is 12.8. The molecule has 0 amide bonds. The zero-order chi connectivity index (χ0) is 15.0. The summed E-state index contributed by atoms with van der Waals surface area (Å²) in [5.74, 6) is 0.427. The third-order valence-electron chi connectivity index (χ3n) is 2.99. The fourth-order valence-corrected chi connectivity index (χ4v) is 1.79. The molecule has 120 valence electrons. The van der Waals surface area contributed by atoms with E-state index in [1.807, 2.05) is 26.8 Å². The number of aliphatic hydroxyl groups is 1. The minimum atomic E-state index is -0.260. The number of aliphatic imine (C=N–C) groups is 1. The molecule has 0 spiro atoms. The zero-order valence-corrected chi connectivity index (χ0v) is 15.1. The summed E-state index contributed by atoms with van der Waals surface area (Å²) in [6.45, 7) is 7.81. The fraction of sp³-hybridized carbons (Fsp3) is 0.533. The van der Waals surface area contributed by atoms with Crippen LogP contribution >= 0.6 is 24.0 Å². The maximum Gasteiger partial charge on any atom is 0.191 e. The van der Waals surface area contributed by atoms with Gasteiger partial charge in [-0.1, -0.05) is 26.0 Å². The van der Waals surface area contributed by atoms with Gasteiger partial charge in [0.1, 0.15) is 5.82 Å². The third-order valence-corrected chi connectivity index (χ3v) is 2.99. The molecule has 21 heavy (non-hydrogen) atoms. The lowest BCUT2D eigenvalue weighted by atomic mass is 9.85. The quantitative estimate of drug-likeness (QED) is 0.384. The van der Waals surface area contributed by atoms with Gasteiger partial charge in [0.2, 0.25) is 0 Å². The normalized spacial score (nSPS) is 11.8. The number of halogens is 2. The van der Waals surface area contributed by atoms with E-state index in [4.69, 9.17) is 5.11 Å². The lowest BCUT2D eigenvalue weighted by Crippen LogP contribution is -2.39. The van der Waals surface area contributed by atoms with E-state index < -0.39 is 0 Å². The third kappa shape index (κ3) is 7.08. The summed E-state index contributed by atoms with van der Waals surface area (Å²) in [5, 5.41) is 15.0. The molecule has 0 aliphatic heterocycles. The molecule has 3 N–H and O–H groups in total. The standard InChI is InChI=1S/C15H24FN3O.HI/c1-4-17-14(18-8-9-20)19-11-15(2,3)12-6-5-7-13(16)10-12;/h5-7,10,20H,4,8-9,11H2,1-3H3,(H2,17,18,19);1H. The van der Waals surface area contributed by atoms with Gasteiger partial charge in [-0.2, -0.15) is 0 Å². The predicted molar refractivity (Wildman–Crippen MR) is 95.9 cm³/mol. The minimum absolute atomic E-state index is 0. The summed E-state index contributed by atoms with van der Waals surface area (Å²) in [4.78, 5) is 4.49. The predicted octanol–water partition coefficient (Wildman–Crippen LogP) is 2.27. The van der Waals surface area contributed by atoms with Crippen molar-refractivity contribution in [3.8, 4) is 0 Å². The second kappa shape index (κ2) is 9.94. The molecule has 0 bridgehead atoms. The maximum absolute atomic E-state index is 13.3. The first-order valence-electron chi connectivity index (χ1n) is 6.88. The molecule has 0 aliphatic rings. The van der Waals surface area contributed by atoms with E-state index >= 15 is 0 Å². The van der Waals surface area contributed by atoms with Crippen molar-refractivity contribution in [3.63, 3.8) is 0 Å². The molecule has 1 aromatic carbocycles. The lowest BCUT2D eigenvalue weighted by Gasteiger charge is -2.24. The van der Waals surface area contributed by atoms with Crippen molar-refractivity contribution >= 4 is 29.9 Å². The van der Waals surface area contributed by atoms with Gasteiger partial charge in [0.05, 0.1) is 13.2 Å². The van der Waals surface area contributed by atoms with Crippen molar-refractivity contribution in [2.24, 2.45) is 4.99 Å². The van der Waals surface area contributed by atoms with Crippen molar-refractivity contribution in [1.29, 1.82) is 0 Å². The van der Waals surface area contributed by atoms with Crippen LogP contribution in [0, 0.1) is 5.82 Å². The smallest absolute Gasteiger partial charge is 0.191 e. The van der Waals surface area contributed by atoms with Crippen LogP contribution < -0.4 is 10.6 Å². The first-order chi connectivity index (χ1) is 9.49. The topological polar surface area (TPSA) is 56.7 Å². The van der Waals surface area contributed by atoms with Gasteiger partial charge in [-0.05, 0) is 24.6 Å². The van der Waals surface area contributed by atoms with Crippen molar-refractivity contribution in [1.82, 2.24) is 10.6 Å². The number of nitrogens with one attached hydrogen (secondary N) is 2. The molecule has 0 aromatic heterocycles. The molecular formula is C15H25FIN3O. The Morgan fingerprint density at radius 3 is 2.62 bits per heavy atom. The number of guanidine groups is 1. The second-order valence-electron chi connectivity index (χ2n) is 5.24. The van der Waals surface area contributed by atoms with Crippen molar-refractivity contribution in [3.05, 3.63) is 35.6 Å². The van der Waals surface area contributed by atoms with E-state index in [0.717, 1.165) is 12.1 Å². The molecule has 1 rings (SSSR count). The van der Waals surface area contributed by atoms with E-state index in [2.05, 4.69) is 15.6 Å². The van der Waals surface area contributed by atoms with Crippen LogP contribution in [0.3, 0.4) is 0 Å². The number of nitrogens with zero attached hydrogens (tertiary/aromatic N) is 1. The van der Waals surface area contributed by atoms with Crippen LogP contribution in [0.1, 0.15) is 26.3 Å². The van der Waals surface area contributed by atoms with Crippen LogP contribution in [-0.2, 0) is 5.41 Å². The number of aliphatic hydroxyl groups excluding tert-OH is 1. The Kier molecular flexibility index (Phi) is 9.52. The van der Waals surface area contributed by atoms with Crippen LogP contribution in [0.5, 0.6) is 0 Å². The van der Waals surface area contributed by atoms with E-state index in [1.165, 1.54) is 6.07 Å². The Hall–Kier alpha value is -0.890. The van der Waals surface area contributed by atoms with Gasteiger partial charge >= 0.3 is 0 Å². The van der Waals surface area contributed by atoms with Crippen LogP contribution in [0.2, 0.25) is 0 Å². The lowest BCUT2D eigenvalue weighted by molar-refractivity contribution is 0.300. The number of hydrogen-bond donors (Lipinski definition) is 3. The monoisotopic (exact) mass is 409 g/mol. The largest absolute Gasteiger partial charge is 0.395 e. The molecule has 4 nitrogen and oxygen atoms in total. The van der Waals surface area contributed by atoms with Gasteiger partial charge in [0, 0.05) is 18.5 Å². The van der Waals surface area contributed by atoms with Crippen LogP contribution in [-0.4, -0.2) is 37.3 Å². The minimum Gasteiger partial charge on any atom is -0.395 e. The Balaban J connectivity index is 0.00000400. The number of rotatable bonds is 6. The van der Waals surface area contributed by atoms with Crippen molar-refractivity contribution in [2.75, 3.05) is 26.2 Å². The Labute approximate surface area is 143 Å². The highest BCUT2D eigenvalue weighted by molar-refractivity contribution is 14.0. The molecule has 0 radical (unpaired) electrons. The van der Waals surface area contributed by atoms with E-state index in [9.17, 15) is 4.39 Å². The van der Waals surface area contributed by atoms with Crippen molar-refractivity contribution in [2.45, 2.75) is 26.2 Å². The van der Waals surface area contributed by atoms with Crippen molar-refractivity contribution < 1.29 is 9.50 Å². The summed E-state index contributed by atoms with van der Waals surface area (Å²) in [6, 6.07) is 6.61. The highest BCUT2D eigenvalue weighted by Gasteiger charge is 2.20. The molecule has 0 fully saturated rings. The summed E-state index contributed by atoms with van der Waals surface area (Å²) >= 11 is 0. The molecule has 0 aliphatic carbocycles. The molecule has 1 aromatic rings. The van der Waals surface area contributed by atoms with Gasteiger partial charge < -0.3 is 15.7 Å². The molecular weight excluding hydrogens is 384 g/mol. The molecule has 0 saturated carbocycles. The number of benzene rings is 1. The van der Waals surface area contributed by atoms with E-state index in [1.54, 1.807) is 12.1 Å². The highest BCUT2D eigenvalue weighted by Crippen LogP contribution is 2.23. The summed E-state index contributed by atoms with van der Waals surface area (Å²) in [6.07, 6.45) is 0. The van der Waals surface area contributed by atoms with E-state index in [-0.39, 0.29) is 41.8 Å². The van der Waals surface area contributed by atoms with E-state index in [0.29, 0.717) is 19.0 Å². The number of hydrogen-bond acceptors (Lipinski definition) is 2. The molecule has 0 saturated heterocycles. The van der Waals surface area contributed by atoms with Crippen LogP contribution in [0.15, 0.2) is 29.3 Å². The van der Waals surface area contributed by atoms with Crippen LogP contribution in [0.25, 0.3) is 0 Å². The summed E-state index contributed by atoms with van der Waals surface area (Å²) < 4.78 is 13.3. The average Bonchev–Trinajstić information content (AvgIpc) is 2.42. The fourth-order valence-electron chi connectivity index (χ4n) is 1.79. The first kappa shape index (κ1) is 20.1. The summed E-state index contributed by atoms with van der Waals surface area (Å²) in [7, 11) is 0. The molecule has 0 atom stereocenters. The van der Waals surface area contributed by atoms with Gasteiger partial charge in [0.15, 0.2) is 5.96 Å². The second-order valence-corrected chi connectivity index (χ2v) is 5.24. The molecule has 0 unspecified atom stereocenters. The molecule has 6 heteroatoms. The average molecular weight is 409 g/mol.